The lowest BCUT2D eigenvalue weighted by molar-refractivity contribution is -0.384. The molecule has 2 heterocycles. The Kier molecular flexibility index (Phi) is 12.6. The average molecular weight is 657 g/mol. The van der Waals surface area contributed by atoms with Gasteiger partial charge in [-0.15, -0.1) is 0 Å². The highest BCUT2D eigenvalue weighted by atomic mass is 16.8. The van der Waals surface area contributed by atoms with Gasteiger partial charge in [0.1, 0.15) is 43.4 Å². The summed E-state index contributed by atoms with van der Waals surface area (Å²) < 4.78 is 43.5. The molecule has 254 valence electrons. The standard InChI is InChI=1S/C29H36O17/c1-14(31)39-12-21-25(41-16(3)33)26(42-17(4)34)24(38)28(43-21)46-29(13-40-15(2)32)27(23(37)20(11-30)45-29)44-22(36)10-7-18-5-8-19(35)9-6-18/h5-10,20-21,23-28,30,35,37-38H,11-13H2,1-4H3/b10-7+/t20-,21-,23-,24-,25-,26-,27+,28-,29+/m1/s1. The van der Waals surface area contributed by atoms with E-state index in [0.717, 1.165) is 33.8 Å². The van der Waals surface area contributed by atoms with E-state index < -0.39 is 104 Å². The Balaban J connectivity index is 2.00. The van der Waals surface area contributed by atoms with E-state index in [1.807, 2.05) is 0 Å². The van der Waals surface area contributed by atoms with Gasteiger partial charge in [0.15, 0.2) is 24.6 Å². The Hall–Kier alpha value is -4.13. The van der Waals surface area contributed by atoms with Crippen LogP contribution >= 0.6 is 0 Å². The predicted octanol–water partition coefficient (Wildman–Crippen LogP) is -1.14. The van der Waals surface area contributed by atoms with Crippen molar-refractivity contribution in [2.75, 3.05) is 19.8 Å². The molecule has 2 saturated heterocycles. The topological polar surface area (TPSA) is 240 Å². The smallest absolute Gasteiger partial charge is 0.331 e. The number of benzene rings is 1. The number of hydrogen-bond acceptors (Lipinski definition) is 17. The number of aromatic hydroxyl groups is 1. The molecule has 2 aliphatic rings. The van der Waals surface area contributed by atoms with E-state index in [0.29, 0.717) is 5.56 Å². The van der Waals surface area contributed by atoms with Gasteiger partial charge in [0.05, 0.1) is 6.61 Å². The predicted molar refractivity (Wildman–Crippen MR) is 148 cm³/mol. The van der Waals surface area contributed by atoms with Gasteiger partial charge in [0.2, 0.25) is 5.79 Å². The minimum Gasteiger partial charge on any atom is -0.508 e. The molecule has 1 aromatic rings. The van der Waals surface area contributed by atoms with Gasteiger partial charge in [-0.25, -0.2) is 4.79 Å². The summed E-state index contributed by atoms with van der Waals surface area (Å²) in [6, 6.07) is 5.75. The minimum absolute atomic E-state index is 0.00858. The van der Waals surface area contributed by atoms with Crippen molar-refractivity contribution in [3.63, 3.8) is 0 Å². The third-order valence-electron chi connectivity index (χ3n) is 6.67. The lowest BCUT2D eigenvalue weighted by atomic mass is 9.98. The number of phenols is 1. The zero-order chi connectivity index (χ0) is 34.2. The van der Waals surface area contributed by atoms with E-state index in [-0.39, 0.29) is 5.75 Å². The molecule has 2 aliphatic heterocycles. The lowest BCUT2D eigenvalue weighted by Crippen LogP contribution is -2.65. The number of esters is 5. The molecule has 3 rings (SSSR count). The van der Waals surface area contributed by atoms with Crippen LogP contribution in [-0.4, -0.2) is 125 Å². The number of rotatable bonds is 12. The van der Waals surface area contributed by atoms with Crippen molar-refractivity contribution in [3.05, 3.63) is 35.9 Å². The average Bonchev–Trinajstić information content (AvgIpc) is 3.24. The zero-order valence-corrected chi connectivity index (χ0v) is 25.3. The highest BCUT2D eigenvalue weighted by Crippen LogP contribution is 2.39. The van der Waals surface area contributed by atoms with Crippen molar-refractivity contribution >= 4 is 35.9 Å². The van der Waals surface area contributed by atoms with Crippen LogP contribution in [0.2, 0.25) is 0 Å². The zero-order valence-electron chi connectivity index (χ0n) is 25.3. The lowest BCUT2D eigenvalue weighted by Gasteiger charge is -2.45. The number of carbonyl (C=O) groups is 5. The first-order valence-corrected chi connectivity index (χ1v) is 13.9. The monoisotopic (exact) mass is 656 g/mol. The van der Waals surface area contributed by atoms with Crippen molar-refractivity contribution in [1.82, 2.24) is 0 Å². The molecule has 4 N–H and O–H groups in total. The summed E-state index contributed by atoms with van der Waals surface area (Å²) in [5.74, 6) is -6.93. The van der Waals surface area contributed by atoms with Crippen LogP contribution in [0.4, 0.5) is 0 Å². The van der Waals surface area contributed by atoms with Crippen molar-refractivity contribution < 1.29 is 82.3 Å². The van der Waals surface area contributed by atoms with Crippen LogP contribution < -0.4 is 0 Å². The van der Waals surface area contributed by atoms with Crippen molar-refractivity contribution in [2.45, 2.75) is 82.5 Å². The van der Waals surface area contributed by atoms with Gasteiger partial charge in [-0.3, -0.25) is 19.2 Å². The Morgan fingerprint density at radius 3 is 2.00 bits per heavy atom. The second kappa shape index (κ2) is 15.9. The molecule has 0 saturated carbocycles. The fourth-order valence-corrected chi connectivity index (χ4v) is 4.70. The third-order valence-corrected chi connectivity index (χ3v) is 6.67. The number of ether oxygens (including phenoxy) is 8. The number of aliphatic hydroxyl groups is 3. The summed E-state index contributed by atoms with van der Waals surface area (Å²) in [6.45, 7) is 1.86. The maximum Gasteiger partial charge on any atom is 0.331 e. The first-order valence-electron chi connectivity index (χ1n) is 13.9. The Labute approximate surface area is 262 Å². The van der Waals surface area contributed by atoms with Gasteiger partial charge < -0.3 is 58.3 Å². The fourth-order valence-electron chi connectivity index (χ4n) is 4.70. The SMILES string of the molecule is CC(=O)OC[C@H]1O[C@H](O[C@]2(COC(C)=O)O[C@H](CO)[C@@H](O)[C@@H]2OC(=O)/C=C/c2ccc(O)cc2)[C@H](O)[C@@H](OC(C)=O)[C@@H]1OC(C)=O. The molecule has 0 unspecified atom stereocenters. The molecule has 0 aliphatic carbocycles. The van der Waals surface area contributed by atoms with E-state index in [2.05, 4.69) is 0 Å². The van der Waals surface area contributed by atoms with Gasteiger partial charge in [0, 0.05) is 33.8 Å². The summed E-state index contributed by atoms with van der Waals surface area (Å²) in [4.78, 5) is 60.2. The first kappa shape index (κ1) is 36.3. The van der Waals surface area contributed by atoms with Crippen LogP contribution in [0.5, 0.6) is 5.75 Å². The molecule has 0 aromatic heterocycles. The van der Waals surface area contributed by atoms with E-state index in [1.54, 1.807) is 0 Å². The molecular weight excluding hydrogens is 620 g/mol. The Morgan fingerprint density at radius 1 is 0.826 bits per heavy atom. The van der Waals surface area contributed by atoms with Gasteiger partial charge in [-0.1, -0.05) is 12.1 Å². The molecule has 9 atom stereocenters. The number of aliphatic hydroxyl groups excluding tert-OH is 3. The van der Waals surface area contributed by atoms with Gasteiger partial charge in [-0.2, -0.15) is 0 Å². The number of hydrogen-bond donors (Lipinski definition) is 4. The molecular formula is C29H36O17. The number of carbonyl (C=O) groups excluding carboxylic acids is 5. The highest BCUT2D eigenvalue weighted by Gasteiger charge is 2.62. The van der Waals surface area contributed by atoms with Crippen LogP contribution in [0.15, 0.2) is 30.3 Å². The van der Waals surface area contributed by atoms with Crippen molar-refractivity contribution in [1.29, 1.82) is 0 Å². The third kappa shape index (κ3) is 9.44. The van der Waals surface area contributed by atoms with Gasteiger partial charge in [0.25, 0.3) is 0 Å². The molecule has 17 heteroatoms. The van der Waals surface area contributed by atoms with E-state index in [4.69, 9.17) is 37.9 Å². The normalized spacial score (nSPS) is 30.8. The molecule has 46 heavy (non-hydrogen) atoms. The highest BCUT2D eigenvalue weighted by molar-refractivity contribution is 5.87. The maximum absolute atomic E-state index is 12.9. The molecule has 0 spiro atoms. The number of phenolic OH excluding ortho intramolecular Hbond substituents is 1. The molecule has 0 amide bonds. The summed E-state index contributed by atoms with van der Waals surface area (Å²) >= 11 is 0. The van der Waals surface area contributed by atoms with Crippen LogP contribution in [-0.2, 0) is 61.9 Å². The fraction of sp³-hybridized carbons (Fsp3) is 0.552. The summed E-state index contributed by atoms with van der Waals surface area (Å²) in [5, 5.41) is 41.6. The quantitative estimate of drug-likeness (QED) is 0.118. The summed E-state index contributed by atoms with van der Waals surface area (Å²) in [6.07, 6.45) is -11.3. The Morgan fingerprint density at radius 2 is 1.43 bits per heavy atom. The van der Waals surface area contributed by atoms with Crippen molar-refractivity contribution in [3.8, 4) is 5.75 Å². The van der Waals surface area contributed by atoms with Gasteiger partial charge >= 0.3 is 29.8 Å². The largest absolute Gasteiger partial charge is 0.508 e. The maximum atomic E-state index is 12.9. The van der Waals surface area contributed by atoms with Crippen LogP contribution in [0.1, 0.15) is 33.3 Å². The first-order chi connectivity index (χ1) is 21.6. The molecule has 1 aromatic carbocycles. The van der Waals surface area contributed by atoms with Crippen molar-refractivity contribution in [2.24, 2.45) is 0 Å². The van der Waals surface area contributed by atoms with Crippen LogP contribution in [0.3, 0.4) is 0 Å². The van der Waals surface area contributed by atoms with E-state index >= 15 is 0 Å². The van der Waals surface area contributed by atoms with Gasteiger partial charge in [-0.05, 0) is 23.8 Å². The molecule has 17 nitrogen and oxygen atoms in total. The minimum atomic E-state index is -2.47. The van der Waals surface area contributed by atoms with Crippen LogP contribution in [0.25, 0.3) is 6.08 Å². The second-order valence-electron chi connectivity index (χ2n) is 10.3. The summed E-state index contributed by atoms with van der Waals surface area (Å²) in [7, 11) is 0. The second-order valence-corrected chi connectivity index (χ2v) is 10.3. The van der Waals surface area contributed by atoms with E-state index in [9.17, 15) is 44.4 Å². The molecule has 0 bridgehead atoms. The summed E-state index contributed by atoms with van der Waals surface area (Å²) in [5.41, 5.74) is 0.491. The Bertz CT molecular complexity index is 1280. The molecule has 2 fully saturated rings. The van der Waals surface area contributed by atoms with E-state index in [1.165, 1.54) is 30.3 Å². The molecule has 0 radical (unpaired) electrons. The van der Waals surface area contributed by atoms with Crippen LogP contribution in [0, 0.1) is 0 Å².